The summed E-state index contributed by atoms with van der Waals surface area (Å²) in [5, 5.41) is 13.3. The third-order valence-corrected chi connectivity index (χ3v) is 6.73. The van der Waals surface area contributed by atoms with Gasteiger partial charge in [0.05, 0.1) is 39.2 Å². The zero-order valence-electron chi connectivity index (χ0n) is 21.0. The summed E-state index contributed by atoms with van der Waals surface area (Å²) >= 11 is 12.4. The molecule has 3 heterocycles. The van der Waals surface area contributed by atoms with Gasteiger partial charge < -0.3 is 30.2 Å². The molecule has 0 radical (unpaired) electrons. The van der Waals surface area contributed by atoms with E-state index in [9.17, 15) is 19.5 Å². The Bertz CT molecular complexity index is 1650. The quantitative estimate of drug-likeness (QED) is 0.315. The standard InChI is InChI=1S/C25H25Cl2N7O4/c1-12(2)33(4)19-7-18(17(27)8-29-19)31-20(35)10-34-9-15(21-24(34)30-11-32(3)25(21)38)13-5-14(23(28)37)22(36)16(26)6-13/h5-9,11-12,36H,10H2,1-4H3,(H2,28,37)(H,29,31,35). The van der Waals surface area contributed by atoms with Crippen LogP contribution in [0.1, 0.15) is 24.2 Å². The van der Waals surface area contributed by atoms with Gasteiger partial charge in [-0.1, -0.05) is 23.2 Å². The average Bonchev–Trinajstić information content (AvgIpc) is 3.22. The Morgan fingerprint density at radius 3 is 2.55 bits per heavy atom. The number of anilines is 2. The van der Waals surface area contributed by atoms with Crippen molar-refractivity contribution in [1.29, 1.82) is 0 Å². The highest BCUT2D eigenvalue weighted by molar-refractivity contribution is 6.34. The van der Waals surface area contributed by atoms with Gasteiger partial charge in [-0.05, 0) is 31.5 Å². The van der Waals surface area contributed by atoms with Crippen LogP contribution in [0.15, 0.2) is 41.7 Å². The van der Waals surface area contributed by atoms with Gasteiger partial charge in [0.1, 0.15) is 23.8 Å². The van der Waals surface area contributed by atoms with Crippen molar-refractivity contribution < 1.29 is 14.7 Å². The van der Waals surface area contributed by atoms with Crippen molar-refractivity contribution in [3.63, 3.8) is 0 Å². The minimum Gasteiger partial charge on any atom is -0.506 e. The number of rotatable bonds is 7. The number of nitrogens with zero attached hydrogens (tertiary/aromatic N) is 5. The fourth-order valence-electron chi connectivity index (χ4n) is 3.87. The van der Waals surface area contributed by atoms with E-state index in [0.717, 1.165) is 0 Å². The summed E-state index contributed by atoms with van der Waals surface area (Å²) in [5.74, 6) is -1.15. The van der Waals surface area contributed by atoms with E-state index >= 15 is 0 Å². The maximum atomic E-state index is 13.1. The molecular formula is C25H25Cl2N7O4. The van der Waals surface area contributed by atoms with Gasteiger partial charge in [-0.2, -0.15) is 0 Å². The van der Waals surface area contributed by atoms with Gasteiger partial charge in [-0.15, -0.1) is 0 Å². The minimum atomic E-state index is -0.892. The number of benzene rings is 1. The van der Waals surface area contributed by atoms with E-state index in [2.05, 4.69) is 15.3 Å². The number of nitrogens with one attached hydrogen (secondary N) is 1. The first-order valence-corrected chi connectivity index (χ1v) is 12.2. The molecule has 0 fully saturated rings. The first-order chi connectivity index (χ1) is 17.9. The number of fused-ring (bicyclic) bond motifs is 1. The Labute approximate surface area is 227 Å². The Morgan fingerprint density at radius 2 is 1.89 bits per heavy atom. The number of nitrogens with two attached hydrogens (primary N) is 1. The summed E-state index contributed by atoms with van der Waals surface area (Å²) in [7, 11) is 3.42. The SMILES string of the molecule is CC(C)N(C)c1cc(NC(=O)Cn2cc(-c3cc(Cl)c(O)c(C(N)=O)c3)c3c(=O)n(C)cnc32)c(Cl)cn1. The molecule has 13 heteroatoms. The number of aryl methyl sites for hydroxylation is 1. The maximum absolute atomic E-state index is 13.1. The number of hydrogen-bond acceptors (Lipinski definition) is 7. The molecule has 38 heavy (non-hydrogen) atoms. The van der Waals surface area contributed by atoms with E-state index in [1.165, 1.54) is 33.8 Å². The number of aromatic nitrogens is 4. The van der Waals surface area contributed by atoms with Gasteiger partial charge in [-0.25, -0.2) is 9.97 Å². The first-order valence-electron chi connectivity index (χ1n) is 11.4. The van der Waals surface area contributed by atoms with Crippen molar-refractivity contribution in [2.24, 2.45) is 12.8 Å². The van der Waals surface area contributed by atoms with Crippen LogP contribution < -0.4 is 21.5 Å². The predicted octanol–water partition coefficient (Wildman–Crippen LogP) is 3.39. The Balaban J connectivity index is 1.76. The van der Waals surface area contributed by atoms with E-state index < -0.39 is 17.6 Å². The largest absolute Gasteiger partial charge is 0.506 e. The fraction of sp³-hybridized carbons (Fsp3) is 0.240. The van der Waals surface area contributed by atoms with E-state index in [0.29, 0.717) is 22.6 Å². The van der Waals surface area contributed by atoms with Crippen LogP contribution >= 0.6 is 23.2 Å². The molecule has 2 amide bonds. The molecule has 3 aromatic heterocycles. The second kappa shape index (κ2) is 10.3. The third kappa shape index (κ3) is 5.02. The molecule has 198 valence electrons. The molecular weight excluding hydrogens is 533 g/mol. The average molecular weight is 558 g/mol. The van der Waals surface area contributed by atoms with Crippen LogP contribution in [-0.2, 0) is 18.4 Å². The van der Waals surface area contributed by atoms with Crippen LogP contribution in [0, 0.1) is 0 Å². The molecule has 0 spiro atoms. The molecule has 0 saturated carbocycles. The molecule has 0 aliphatic heterocycles. The molecule has 11 nitrogen and oxygen atoms in total. The van der Waals surface area contributed by atoms with Crippen molar-refractivity contribution in [2.45, 2.75) is 26.4 Å². The van der Waals surface area contributed by atoms with Gasteiger partial charge in [0.25, 0.3) is 11.5 Å². The first kappa shape index (κ1) is 27.0. The summed E-state index contributed by atoms with van der Waals surface area (Å²) in [6.45, 7) is 3.81. The van der Waals surface area contributed by atoms with Crippen molar-refractivity contribution >= 4 is 57.6 Å². The number of hydrogen-bond donors (Lipinski definition) is 3. The summed E-state index contributed by atoms with van der Waals surface area (Å²) in [6.07, 6.45) is 4.36. The number of amides is 2. The molecule has 0 aliphatic rings. The lowest BCUT2D eigenvalue weighted by molar-refractivity contribution is -0.116. The van der Waals surface area contributed by atoms with E-state index in [4.69, 9.17) is 28.9 Å². The highest BCUT2D eigenvalue weighted by Crippen LogP contribution is 2.36. The second-order valence-corrected chi connectivity index (χ2v) is 9.84. The van der Waals surface area contributed by atoms with Gasteiger partial charge in [0.15, 0.2) is 0 Å². The lowest BCUT2D eigenvalue weighted by Crippen LogP contribution is -2.27. The number of carbonyl (C=O) groups excluding carboxylic acids is 2. The molecule has 0 bridgehead atoms. The van der Waals surface area contributed by atoms with Crippen LogP contribution in [-0.4, -0.2) is 49.1 Å². The molecule has 0 saturated heterocycles. The van der Waals surface area contributed by atoms with Crippen LogP contribution in [0.3, 0.4) is 0 Å². The Hall–Kier alpha value is -4.09. The lowest BCUT2D eigenvalue weighted by atomic mass is 10.0. The van der Waals surface area contributed by atoms with Crippen molar-refractivity contribution in [1.82, 2.24) is 19.1 Å². The monoisotopic (exact) mass is 557 g/mol. The lowest BCUT2D eigenvalue weighted by Gasteiger charge is -2.23. The van der Waals surface area contributed by atoms with Crippen molar-refractivity contribution in [3.8, 4) is 16.9 Å². The Kier molecular flexibility index (Phi) is 7.34. The molecule has 0 unspecified atom stereocenters. The van der Waals surface area contributed by atoms with E-state index in [1.54, 1.807) is 19.3 Å². The number of aromatic hydroxyl groups is 1. The predicted molar refractivity (Wildman–Crippen MR) is 147 cm³/mol. The van der Waals surface area contributed by atoms with Gasteiger partial charge in [-0.3, -0.25) is 14.4 Å². The zero-order chi connectivity index (χ0) is 27.9. The number of carbonyl (C=O) groups is 2. The van der Waals surface area contributed by atoms with Gasteiger partial charge in [0, 0.05) is 38.0 Å². The van der Waals surface area contributed by atoms with Crippen LogP contribution in [0.2, 0.25) is 10.0 Å². The summed E-state index contributed by atoms with van der Waals surface area (Å²) in [6, 6.07) is 4.59. The highest BCUT2D eigenvalue weighted by Gasteiger charge is 2.21. The third-order valence-electron chi connectivity index (χ3n) is 6.14. The summed E-state index contributed by atoms with van der Waals surface area (Å²) < 4.78 is 2.79. The maximum Gasteiger partial charge on any atom is 0.263 e. The minimum absolute atomic E-state index is 0.120. The smallest absolute Gasteiger partial charge is 0.263 e. The van der Waals surface area contributed by atoms with Crippen LogP contribution in [0.4, 0.5) is 11.5 Å². The van der Waals surface area contributed by atoms with Gasteiger partial charge >= 0.3 is 0 Å². The highest BCUT2D eigenvalue weighted by atomic mass is 35.5. The van der Waals surface area contributed by atoms with Gasteiger partial charge in [0.2, 0.25) is 5.91 Å². The molecule has 0 aliphatic carbocycles. The molecule has 4 N–H and O–H groups in total. The second-order valence-electron chi connectivity index (χ2n) is 9.02. The van der Waals surface area contributed by atoms with Crippen LogP contribution in [0.5, 0.6) is 5.75 Å². The summed E-state index contributed by atoms with van der Waals surface area (Å²) in [5.41, 5.74) is 6.12. The van der Waals surface area contributed by atoms with Crippen LogP contribution in [0.25, 0.3) is 22.2 Å². The fourth-order valence-corrected chi connectivity index (χ4v) is 4.24. The number of halogens is 2. The molecule has 1 aromatic carbocycles. The number of primary amides is 1. The number of pyridine rings is 1. The topological polar surface area (TPSA) is 148 Å². The zero-order valence-corrected chi connectivity index (χ0v) is 22.5. The number of phenols is 1. The van der Waals surface area contributed by atoms with Crippen molar-refractivity contribution in [3.05, 3.63) is 62.9 Å². The molecule has 4 rings (SSSR count). The van der Waals surface area contributed by atoms with E-state index in [-0.39, 0.29) is 44.8 Å². The normalized spacial score (nSPS) is 11.2. The summed E-state index contributed by atoms with van der Waals surface area (Å²) in [4.78, 5) is 48.6. The Morgan fingerprint density at radius 1 is 1.18 bits per heavy atom. The molecule has 0 atom stereocenters. The van der Waals surface area contributed by atoms with E-state index in [1.807, 2.05) is 25.8 Å². The van der Waals surface area contributed by atoms with Crippen molar-refractivity contribution in [2.75, 3.05) is 17.3 Å². The molecule has 4 aromatic rings.